The number of hydrogen-bond donors (Lipinski definition) is 2. The standard InChI is InChI=1S/C23H28FN7O.HI/c1-25-23(28-15-18-6-7-27-22(14-18)31-9-8-26-17-31)29-16-21(30-10-12-32-13-11-30)19-2-4-20(24)5-3-19;/h2-9,14,17,21H,10-13,15-16H2,1H3,(H2,25,28,29);1H. The van der Waals surface area contributed by atoms with E-state index < -0.39 is 0 Å². The number of rotatable bonds is 7. The number of halogens is 2. The van der Waals surface area contributed by atoms with E-state index in [0.717, 1.165) is 30.0 Å². The fraction of sp³-hybridized carbons (Fsp3) is 0.348. The molecule has 0 spiro atoms. The number of nitrogens with one attached hydrogen (secondary N) is 2. The maximum absolute atomic E-state index is 13.5. The molecule has 1 saturated heterocycles. The summed E-state index contributed by atoms with van der Waals surface area (Å²) in [6.07, 6.45) is 7.10. The third-order valence-electron chi connectivity index (χ3n) is 5.47. The molecule has 33 heavy (non-hydrogen) atoms. The lowest BCUT2D eigenvalue weighted by Gasteiger charge is -2.35. The normalized spacial score (nSPS) is 15.5. The molecule has 1 atom stereocenters. The maximum atomic E-state index is 13.5. The van der Waals surface area contributed by atoms with Crippen LogP contribution in [0.15, 0.2) is 66.3 Å². The molecule has 0 saturated carbocycles. The Labute approximate surface area is 210 Å². The van der Waals surface area contributed by atoms with Gasteiger partial charge in [0.25, 0.3) is 0 Å². The van der Waals surface area contributed by atoms with Gasteiger partial charge in [-0.05, 0) is 35.4 Å². The molecule has 1 unspecified atom stereocenters. The lowest BCUT2D eigenvalue weighted by Crippen LogP contribution is -2.46. The third kappa shape index (κ3) is 6.95. The van der Waals surface area contributed by atoms with Crippen LogP contribution < -0.4 is 10.6 Å². The van der Waals surface area contributed by atoms with Crippen LogP contribution in [0.1, 0.15) is 17.2 Å². The van der Waals surface area contributed by atoms with Crippen LogP contribution in [0, 0.1) is 5.82 Å². The van der Waals surface area contributed by atoms with Crippen LogP contribution in [0.2, 0.25) is 0 Å². The fourth-order valence-corrected chi connectivity index (χ4v) is 3.74. The van der Waals surface area contributed by atoms with Crippen LogP contribution >= 0.6 is 24.0 Å². The topological polar surface area (TPSA) is 79.6 Å². The molecule has 1 aromatic carbocycles. The summed E-state index contributed by atoms with van der Waals surface area (Å²) in [6, 6.07) is 10.8. The van der Waals surface area contributed by atoms with Crippen molar-refractivity contribution in [2.45, 2.75) is 12.6 Å². The van der Waals surface area contributed by atoms with Crippen molar-refractivity contribution in [1.29, 1.82) is 0 Å². The second kappa shape index (κ2) is 12.6. The first-order valence-electron chi connectivity index (χ1n) is 10.7. The molecule has 8 nitrogen and oxygen atoms in total. The van der Waals surface area contributed by atoms with E-state index in [1.54, 1.807) is 25.8 Å². The summed E-state index contributed by atoms with van der Waals surface area (Å²) in [7, 11) is 1.75. The van der Waals surface area contributed by atoms with Gasteiger partial charge in [-0.3, -0.25) is 14.5 Å². The molecular formula is C23H29FIN7O. The predicted octanol–water partition coefficient (Wildman–Crippen LogP) is 2.76. The molecule has 0 amide bonds. The molecule has 3 aromatic rings. The summed E-state index contributed by atoms with van der Waals surface area (Å²) in [5.74, 6) is 1.28. The first-order chi connectivity index (χ1) is 15.7. The number of benzene rings is 1. The van der Waals surface area contributed by atoms with E-state index in [-0.39, 0.29) is 35.8 Å². The summed E-state index contributed by atoms with van der Waals surface area (Å²) < 4.78 is 20.8. The predicted molar refractivity (Wildman–Crippen MR) is 137 cm³/mol. The molecule has 1 fully saturated rings. The Kier molecular flexibility index (Phi) is 9.58. The quantitative estimate of drug-likeness (QED) is 0.261. The minimum atomic E-state index is -0.229. The van der Waals surface area contributed by atoms with Crippen molar-refractivity contribution >= 4 is 29.9 Å². The van der Waals surface area contributed by atoms with Crippen molar-refractivity contribution in [3.05, 3.63) is 78.3 Å². The number of hydrogen-bond acceptors (Lipinski definition) is 5. The maximum Gasteiger partial charge on any atom is 0.191 e. The van der Waals surface area contributed by atoms with Crippen molar-refractivity contribution in [2.75, 3.05) is 39.9 Å². The second-order valence-corrected chi connectivity index (χ2v) is 7.51. The Bertz CT molecular complexity index is 1010. The lowest BCUT2D eigenvalue weighted by molar-refractivity contribution is 0.0170. The monoisotopic (exact) mass is 565 g/mol. The van der Waals surface area contributed by atoms with Crippen molar-refractivity contribution in [3.8, 4) is 5.82 Å². The first-order valence-corrected chi connectivity index (χ1v) is 10.7. The number of guanidine groups is 1. The van der Waals surface area contributed by atoms with Crippen LogP contribution in [-0.4, -0.2) is 65.3 Å². The van der Waals surface area contributed by atoms with Crippen LogP contribution in [0.25, 0.3) is 5.82 Å². The van der Waals surface area contributed by atoms with E-state index >= 15 is 0 Å². The minimum Gasteiger partial charge on any atom is -0.379 e. The van der Waals surface area contributed by atoms with Gasteiger partial charge in [-0.2, -0.15) is 0 Å². The third-order valence-corrected chi connectivity index (χ3v) is 5.47. The van der Waals surface area contributed by atoms with Gasteiger partial charge in [-0.25, -0.2) is 14.4 Å². The number of morpholine rings is 1. The van der Waals surface area contributed by atoms with E-state index in [4.69, 9.17) is 4.74 Å². The molecule has 0 bridgehead atoms. The zero-order chi connectivity index (χ0) is 22.2. The van der Waals surface area contributed by atoms with Gasteiger partial charge in [0.05, 0.1) is 19.3 Å². The molecule has 3 heterocycles. The first kappa shape index (κ1) is 25.1. The highest BCUT2D eigenvalue weighted by Crippen LogP contribution is 2.21. The number of ether oxygens (including phenoxy) is 1. The summed E-state index contributed by atoms with van der Waals surface area (Å²) in [5.41, 5.74) is 2.14. The van der Waals surface area contributed by atoms with Gasteiger partial charge in [0.15, 0.2) is 5.96 Å². The van der Waals surface area contributed by atoms with E-state index in [1.165, 1.54) is 12.1 Å². The number of imidazole rings is 1. The number of aliphatic imine (C=N–C) groups is 1. The molecule has 2 N–H and O–H groups in total. The summed E-state index contributed by atoms with van der Waals surface area (Å²) >= 11 is 0. The number of aromatic nitrogens is 3. The van der Waals surface area contributed by atoms with E-state index in [2.05, 4.69) is 30.5 Å². The highest BCUT2D eigenvalue weighted by Gasteiger charge is 2.23. The van der Waals surface area contributed by atoms with Crippen molar-refractivity contribution in [3.63, 3.8) is 0 Å². The van der Waals surface area contributed by atoms with Crippen molar-refractivity contribution in [2.24, 2.45) is 4.99 Å². The largest absolute Gasteiger partial charge is 0.379 e. The van der Waals surface area contributed by atoms with Gasteiger partial charge < -0.3 is 15.4 Å². The van der Waals surface area contributed by atoms with Crippen molar-refractivity contribution < 1.29 is 9.13 Å². The van der Waals surface area contributed by atoms with Gasteiger partial charge >= 0.3 is 0 Å². The Morgan fingerprint density at radius 2 is 1.94 bits per heavy atom. The Balaban J connectivity index is 0.00000306. The van der Waals surface area contributed by atoms with Crippen molar-refractivity contribution in [1.82, 2.24) is 30.1 Å². The van der Waals surface area contributed by atoms with Gasteiger partial charge in [0, 0.05) is 51.8 Å². The fourth-order valence-electron chi connectivity index (χ4n) is 3.74. The van der Waals surface area contributed by atoms with Gasteiger partial charge in [0.2, 0.25) is 0 Å². The molecule has 0 radical (unpaired) electrons. The zero-order valence-electron chi connectivity index (χ0n) is 18.5. The summed E-state index contributed by atoms with van der Waals surface area (Å²) in [4.78, 5) is 15.2. The molecule has 1 aliphatic rings. The van der Waals surface area contributed by atoms with Crippen LogP contribution in [-0.2, 0) is 11.3 Å². The van der Waals surface area contributed by atoms with E-state index in [1.807, 2.05) is 35.0 Å². The van der Waals surface area contributed by atoms with Gasteiger partial charge in [-0.15, -0.1) is 24.0 Å². The highest BCUT2D eigenvalue weighted by atomic mass is 127. The van der Waals surface area contributed by atoms with Gasteiger partial charge in [0.1, 0.15) is 18.0 Å². The van der Waals surface area contributed by atoms with Gasteiger partial charge in [-0.1, -0.05) is 12.1 Å². The average Bonchev–Trinajstić information content (AvgIpc) is 3.38. The smallest absolute Gasteiger partial charge is 0.191 e. The minimum absolute atomic E-state index is 0. The molecular weight excluding hydrogens is 536 g/mol. The summed E-state index contributed by atoms with van der Waals surface area (Å²) in [5, 5.41) is 6.78. The van der Waals surface area contributed by atoms with E-state index in [9.17, 15) is 4.39 Å². The Hall–Kier alpha value is -2.57. The van der Waals surface area contributed by atoms with Crippen LogP contribution in [0.3, 0.4) is 0 Å². The van der Waals surface area contributed by atoms with Crippen LogP contribution in [0.4, 0.5) is 4.39 Å². The SMILES string of the molecule is CN=C(NCc1ccnc(-n2ccnc2)c1)NCC(c1ccc(F)cc1)N1CCOCC1.I. The Morgan fingerprint density at radius 1 is 1.15 bits per heavy atom. The van der Waals surface area contributed by atoms with E-state index in [0.29, 0.717) is 32.3 Å². The molecule has 10 heteroatoms. The lowest BCUT2D eigenvalue weighted by atomic mass is 10.0. The van der Waals surface area contributed by atoms with Crippen LogP contribution in [0.5, 0.6) is 0 Å². The molecule has 1 aliphatic heterocycles. The average molecular weight is 565 g/mol. The molecule has 4 rings (SSSR count). The molecule has 0 aliphatic carbocycles. The number of nitrogens with zero attached hydrogens (tertiary/aromatic N) is 5. The second-order valence-electron chi connectivity index (χ2n) is 7.51. The zero-order valence-corrected chi connectivity index (χ0v) is 20.9. The summed E-state index contributed by atoms with van der Waals surface area (Å²) in [6.45, 7) is 4.32. The highest BCUT2D eigenvalue weighted by molar-refractivity contribution is 14.0. The number of pyridine rings is 1. The molecule has 176 valence electrons. The Morgan fingerprint density at radius 3 is 2.64 bits per heavy atom. The molecule has 2 aromatic heterocycles.